The fourth-order valence-corrected chi connectivity index (χ4v) is 2.51. The highest BCUT2D eigenvalue weighted by Gasteiger charge is 2.54. The average Bonchev–Trinajstić information content (AvgIpc) is 2.54. The normalized spacial score (nSPS) is 51.7. The molecule has 2 aliphatic rings. The van der Waals surface area contributed by atoms with Crippen LogP contribution in [-0.2, 0) is 14.2 Å². The number of aliphatic hydroxyl groups is 8. The molecule has 0 aromatic carbocycles. The fourth-order valence-electron chi connectivity index (χ4n) is 2.51. The van der Waals surface area contributed by atoms with Gasteiger partial charge in [0.2, 0.25) is 5.79 Å². The summed E-state index contributed by atoms with van der Waals surface area (Å²) in [5.41, 5.74) is 0. The van der Waals surface area contributed by atoms with Gasteiger partial charge in [0.05, 0.1) is 13.2 Å². The minimum absolute atomic E-state index is 0.603. The van der Waals surface area contributed by atoms with Gasteiger partial charge in [-0.3, -0.25) is 0 Å². The first-order valence-electron chi connectivity index (χ1n) is 7.04. The molecule has 136 valence electrons. The molecule has 0 aliphatic carbocycles. The van der Waals surface area contributed by atoms with Gasteiger partial charge in [-0.15, -0.1) is 0 Å². The molecule has 2 heterocycles. The Hall–Kier alpha value is -0.440. The number of hydrogen-bond acceptors (Lipinski definition) is 11. The summed E-state index contributed by atoms with van der Waals surface area (Å²) in [7, 11) is 0. The van der Waals surface area contributed by atoms with Gasteiger partial charge in [0.1, 0.15) is 49.3 Å². The van der Waals surface area contributed by atoms with Crippen LogP contribution in [0, 0.1) is 0 Å². The highest BCUT2D eigenvalue weighted by atomic mass is 16.8. The van der Waals surface area contributed by atoms with Crippen LogP contribution in [0.1, 0.15) is 0 Å². The van der Waals surface area contributed by atoms with E-state index in [4.69, 9.17) is 24.4 Å². The molecular formula is C12H22O11. The van der Waals surface area contributed by atoms with Crippen LogP contribution in [0.2, 0.25) is 0 Å². The van der Waals surface area contributed by atoms with Crippen LogP contribution in [0.15, 0.2) is 0 Å². The van der Waals surface area contributed by atoms with E-state index in [1.165, 1.54) is 0 Å². The first kappa shape index (κ1) is 18.9. The predicted octanol–water partition coefficient (Wildman–Crippen LogP) is -5.40. The van der Waals surface area contributed by atoms with Gasteiger partial charge in [-0.1, -0.05) is 0 Å². The highest BCUT2D eigenvalue weighted by molar-refractivity contribution is 4.95. The summed E-state index contributed by atoms with van der Waals surface area (Å²) >= 11 is 0. The smallest absolute Gasteiger partial charge is 0.221 e. The molecule has 8 N–H and O–H groups in total. The molecule has 11 nitrogen and oxygen atoms in total. The third-order valence-corrected chi connectivity index (χ3v) is 4.02. The van der Waals surface area contributed by atoms with Crippen molar-refractivity contribution in [2.24, 2.45) is 0 Å². The lowest BCUT2D eigenvalue weighted by Gasteiger charge is -2.47. The van der Waals surface area contributed by atoms with E-state index < -0.39 is 74.6 Å². The summed E-state index contributed by atoms with van der Waals surface area (Å²) in [5.74, 6) is -2.50. The summed E-state index contributed by atoms with van der Waals surface area (Å²) in [6.45, 7) is -1.96. The molecule has 0 aromatic heterocycles. The van der Waals surface area contributed by atoms with Crippen molar-refractivity contribution in [1.82, 2.24) is 0 Å². The van der Waals surface area contributed by atoms with Gasteiger partial charge in [0.15, 0.2) is 6.29 Å². The predicted molar refractivity (Wildman–Crippen MR) is 68.6 cm³/mol. The van der Waals surface area contributed by atoms with Gasteiger partial charge in [-0.05, 0) is 0 Å². The van der Waals surface area contributed by atoms with Gasteiger partial charge in [0.25, 0.3) is 0 Å². The second-order valence-electron chi connectivity index (χ2n) is 5.63. The Balaban J connectivity index is 2.10. The van der Waals surface area contributed by atoms with Crippen LogP contribution in [0.3, 0.4) is 0 Å². The Morgan fingerprint density at radius 3 is 2.04 bits per heavy atom. The quantitative estimate of drug-likeness (QED) is 0.228. The molecule has 2 aliphatic heterocycles. The number of aliphatic hydroxyl groups excluding tert-OH is 7. The van der Waals surface area contributed by atoms with Crippen molar-refractivity contribution in [1.29, 1.82) is 0 Å². The molecule has 0 spiro atoms. The Kier molecular flexibility index (Phi) is 5.92. The molecule has 0 bridgehead atoms. The molecule has 0 radical (unpaired) electrons. The molecule has 2 saturated heterocycles. The molecule has 2 rings (SSSR count). The van der Waals surface area contributed by atoms with Crippen molar-refractivity contribution in [3.63, 3.8) is 0 Å². The average molecular weight is 342 g/mol. The number of ether oxygens (including phenoxy) is 3. The lowest BCUT2D eigenvalue weighted by Crippen LogP contribution is -2.67. The first-order chi connectivity index (χ1) is 10.7. The molecule has 23 heavy (non-hydrogen) atoms. The lowest BCUT2D eigenvalue weighted by atomic mass is 9.96. The molecule has 1 unspecified atom stereocenters. The van der Waals surface area contributed by atoms with Crippen molar-refractivity contribution in [2.75, 3.05) is 19.8 Å². The maximum Gasteiger partial charge on any atom is 0.221 e. The highest BCUT2D eigenvalue weighted by Crippen LogP contribution is 2.31. The van der Waals surface area contributed by atoms with Crippen molar-refractivity contribution in [3.8, 4) is 0 Å². The van der Waals surface area contributed by atoms with E-state index in [2.05, 4.69) is 0 Å². The largest absolute Gasteiger partial charge is 0.394 e. The zero-order chi connectivity index (χ0) is 17.4. The third-order valence-electron chi connectivity index (χ3n) is 4.02. The molecular weight excluding hydrogens is 320 g/mol. The van der Waals surface area contributed by atoms with Crippen LogP contribution in [0.4, 0.5) is 0 Å². The van der Waals surface area contributed by atoms with E-state index in [0.29, 0.717) is 0 Å². The maximum absolute atomic E-state index is 10.3. The SMILES string of the molecule is OC[C@@H]1OC[C@@](O)(OC2O[C@H](CO)[C@@H](O)[C@H](O)[C@H]2O)[C@H](O)[C@H]1O. The maximum atomic E-state index is 10.3. The van der Waals surface area contributed by atoms with Crippen molar-refractivity contribution in [3.05, 3.63) is 0 Å². The van der Waals surface area contributed by atoms with Crippen molar-refractivity contribution >= 4 is 0 Å². The van der Waals surface area contributed by atoms with E-state index in [-0.39, 0.29) is 0 Å². The molecule has 11 heteroatoms. The minimum atomic E-state index is -2.50. The van der Waals surface area contributed by atoms with E-state index in [9.17, 15) is 30.6 Å². The summed E-state index contributed by atoms with van der Waals surface area (Å²) in [4.78, 5) is 0. The molecule has 0 amide bonds. The van der Waals surface area contributed by atoms with Crippen molar-refractivity contribution in [2.45, 2.75) is 54.8 Å². The second kappa shape index (κ2) is 7.21. The Labute approximate surface area is 130 Å². The second-order valence-corrected chi connectivity index (χ2v) is 5.63. The third kappa shape index (κ3) is 3.50. The zero-order valence-electron chi connectivity index (χ0n) is 12.0. The Bertz CT molecular complexity index is 393. The molecule has 2 fully saturated rings. The van der Waals surface area contributed by atoms with Gasteiger partial charge in [-0.25, -0.2) is 0 Å². The fraction of sp³-hybridized carbons (Fsp3) is 1.00. The van der Waals surface area contributed by atoms with E-state index >= 15 is 0 Å². The number of rotatable bonds is 4. The van der Waals surface area contributed by atoms with Crippen LogP contribution in [0.25, 0.3) is 0 Å². The molecule has 9 atom stereocenters. The summed E-state index contributed by atoms with van der Waals surface area (Å²) in [6.07, 6.45) is -12.8. The van der Waals surface area contributed by atoms with Gasteiger partial charge >= 0.3 is 0 Å². The Morgan fingerprint density at radius 2 is 1.48 bits per heavy atom. The summed E-state index contributed by atoms with van der Waals surface area (Å²) < 4.78 is 15.1. The summed E-state index contributed by atoms with van der Waals surface area (Å²) in [5, 5.41) is 77.2. The summed E-state index contributed by atoms with van der Waals surface area (Å²) in [6, 6.07) is 0. The first-order valence-corrected chi connectivity index (χ1v) is 7.04. The van der Waals surface area contributed by atoms with Gasteiger partial charge in [0, 0.05) is 0 Å². The lowest BCUT2D eigenvalue weighted by molar-refractivity contribution is -0.407. The van der Waals surface area contributed by atoms with E-state index in [0.717, 1.165) is 0 Å². The van der Waals surface area contributed by atoms with Crippen LogP contribution in [0.5, 0.6) is 0 Å². The molecule has 0 saturated carbocycles. The van der Waals surface area contributed by atoms with Crippen LogP contribution >= 0.6 is 0 Å². The minimum Gasteiger partial charge on any atom is -0.394 e. The number of hydrogen-bond donors (Lipinski definition) is 8. The topological polar surface area (TPSA) is 190 Å². The van der Waals surface area contributed by atoms with E-state index in [1.807, 2.05) is 0 Å². The van der Waals surface area contributed by atoms with E-state index in [1.54, 1.807) is 0 Å². The Morgan fingerprint density at radius 1 is 0.870 bits per heavy atom. The molecule has 0 aromatic rings. The van der Waals surface area contributed by atoms with Crippen LogP contribution in [-0.4, -0.2) is 115 Å². The van der Waals surface area contributed by atoms with Crippen LogP contribution < -0.4 is 0 Å². The van der Waals surface area contributed by atoms with Gasteiger partial charge in [-0.2, -0.15) is 0 Å². The standard InChI is InChI=1S/C12H22O11/c13-1-4-7(16)10(19)12(20,3-21-4)23-11-9(18)8(17)6(15)5(2-14)22-11/h4-11,13-20H,1-3H2/t4-,5+,6+,7-,8-,9+,10+,11?,12+/m0/s1. The van der Waals surface area contributed by atoms with Gasteiger partial charge < -0.3 is 55.1 Å². The van der Waals surface area contributed by atoms with Crippen molar-refractivity contribution < 1.29 is 55.1 Å². The monoisotopic (exact) mass is 342 g/mol. The zero-order valence-corrected chi connectivity index (χ0v) is 12.0.